The van der Waals surface area contributed by atoms with Crippen LogP contribution < -0.4 is 5.32 Å². The number of nitrogens with one attached hydrogen (secondary N) is 1. The zero-order chi connectivity index (χ0) is 18.5. The standard InChI is InChI=1S/C17H33NO5Si/c1-17(2,3)24(5,6)23-13-9-7-12(8-10-13)15(20)18-14(11-19)16(21)22-4/h12-14,19H,7-11H2,1-6H3,(H,18,20)/t12?,13?,14-/m0/s1. The molecule has 0 saturated heterocycles. The molecule has 1 rings (SSSR count). The number of hydrogen-bond acceptors (Lipinski definition) is 5. The Balaban J connectivity index is 2.50. The Morgan fingerprint density at radius 1 is 1.21 bits per heavy atom. The van der Waals surface area contributed by atoms with Crippen molar-refractivity contribution >= 4 is 20.2 Å². The maximum absolute atomic E-state index is 12.3. The Labute approximate surface area is 146 Å². The van der Waals surface area contributed by atoms with Crippen LogP contribution in [0.3, 0.4) is 0 Å². The predicted molar refractivity (Wildman–Crippen MR) is 95.1 cm³/mol. The van der Waals surface area contributed by atoms with Crippen molar-refractivity contribution in [3.8, 4) is 0 Å². The lowest BCUT2D eigenvalue weighted by Gasteiger charge is -2.41. The fraction of sp³-hybridized carbons (Fsp3) is 0.882. The second-order valence-electron chi connectivity index (χ2n) is 8.12. The van der Waals surface area contributed by atoms with Crippen LogP contribution in [-0.4, -0.2) is 51.2 Å². The van der Waals surface area contributed by atoms with E-state index in [1.807, 2.05) is 0 Å². The number of aliphatic hydroxyl groups is 1. The van der Waals surface area contributed by atoms with Gasteiger partial charge in [0.2, 0.25) is 5.91 Å². The molecular weight excluding hydrogens is 326 g/mol. The maximum Gasteiger partial charge on any atom is 0.330 e. The molecule has 1 aliphatic rings. The molecule has 7 heteroatoms. The molecule has 0 aliphatic heterocycles. The molecule has 140 valence electrons. The van der Waals surface area contributed by atoms with Crippen LogP contribution in [0.15, 0.2) is 0 Å². The van der Waals surface area contributed by atoms with Gasteiger partial charge < -0.3 is 19.6 Å². The average Bonchev–Trinajstić information content (AvgIpc) is 2.50. The van der Waals surface area contributed by atoms with Gasteiger partial charge in [-0.05, 0) is 43.8 Å². The molecule has 0 radical (unpaired) electrons. The molecule has 0 aromatic carbocycles. The van der Waals surface area contributed by atoms with E-state index in [1.54, 1.807) is 0 Å². The fourth-order valence-corrected chi connectivity index (χ4v) is 4.07. The monoisotopic (exact) mass is 359 g/mol. The van der Waals surface area contributed by atoms with E-state index in [-0.39, 0.29) is 23.0 Å². The van der Waals surface area contributed by atoms with Crippen molar-refractivity contribution in [2.75, 3.05) is 13.7 Å². The molecule has 1 aliphatic carbocycles. The number of rotatable bonds is 6. The van der Waals surface area contributed by atoms with Gasteiger partial charge in [0.15, 0.2) is 14.4 Å². The average molecular weight is 360 g/mol. The quantitative estimate of drug-likeness (QED) is 0.561. The van der Waals surface area contributed by atoms with E-state index in [0.29, 0.717) is 0 Å². The first-order chi connectivity index (χ1) is 11.0. The minimum Gasteiger partial charge on any atom is -0.467 e. The highest BCUT2D eigenvalue weighted by molar-refractivity contribution is 6.74. The number of aliphatic hydroxyl groups excluding tert-OH is 1. The summed E-state index contributed by atoms with van der Waals surface area (Å²) in [5, 5.41) is 11.9. The summed E-state index contributed by atoms with van der Waals surface area (Å²) in [4.78, 5) is 23.7. The van der Waals surface area contributed by atoms with Crippen LogP contribution in [-0.2, 0) is 18.8 Å². The predicted octanol–water partition coefficient (Wildman–Crippen LogP) is 2.22. The molecule has 1 amide bonds. The van der Waals surface area contributed by atoms with Gasteiger partial charge in [-0.25, -0.2) is 4.79 Å². The molecule has 0 heterocycles. The van der Waals surface area contributed by atoms with Gasteiger partial charge in [-0.15, -0.1) is 0 Å². The maximum atomic E-state index is 12.3. The normalized spacial score (nSPS) is 23.5. The first-order valence-electron chi connectivity index (χ1n) is 8.68. The minimum absolute atomic E-state index is 0.136. The van der Waals surface area contributed by atoms with Crippen LogP contribution in [0.4, 0.5) is 0 Å². The summed E-state index contributed by atoms with van der Waals surface area (Å²) >= 11 is 0. The van der Waals surface area contributed by atoms with E-state index in [0.717, 1.165) is 25.7 Å². The van der Waals surface area contributed by atoms with Crippen molar-refractivity contribution in [2.24, 2.45) is 5.92 Å². The molecule has 1 atom stereocenters. The summed E-state index contributed by atoms with van der Waals surface area (Å²) in [6.45, 7) is 10.7. The van der Waals surface area contributed by atoms with Crippen molar-refractivity contribution in [3.63, 3.8) is 0 Å². The van der Waals surface area contributed by atoms with E-state index in [2.05, 4.69) is 43.9 Å². The molecule has 0 aromatic rings. The van der Waals surface area contributed by atoms with Crippen LogP contribution in [0.1, 0.15) is 46.5 Å². The van der Waals surface area contributed by atoms with Gasteiger partial charge in [0.1, 0.15) is 0 Å². The zero-order valence-corrected chi connectivity index (χ0v) is 16.8. The van der Waals surface area contributed by atoms with E-state index in [9.17, 15) is 14.7 Å². The van der Waals surface area contributed by atoms with Crippen molar-refractivity contribution in [1.29, 1.82) is 0 Å². The highest BCUT2D eigenvalue weighted by Gasteiger charge is 2.40. The molecule has 1 fully saturated rings. The van der Waals surface area contributed by atoms with Crippen LogP contribution >= 0.6 is 0 Å². The topological polar surface area (TPSA) is 84.9 Å². The first-order valence-corrected chi connectivity index (χ1v) is 11.6. The van der Waals surface area contributed by atoms with Gasteiger partial charge in [-0.3, -0.25) is 4.79 Å². The molecule has 24 heavy (non-hydrogen) atoms. The highest BCUT2D eigenvalue weighted by Crippen LogP contribution is 2.39. The summed E-state index contributed by atoms with van der Waals surface area (Å²) < 4.78 is 11.0. The second-order valence-corrected chi connectivity index (χ2v) is 12.9. The lowest BCUT2D eigenvalue weighted by molar-refractivity contribution is -0.147. The third kappa shape index (κ3) is 5.56. The summed E-state index contributed by atoms with van der Waals surface area (Å²) in [5.74, 6) is -0.950. The first kappa shape index (κ1) is 21.1. The van der Waals surface area contributed by atoms with Crippen molar-refractivity contribution in [1.82, 2.24) is 5.32 Å². The van der Waals surface area contributed by atoms with Gasteiger partial charge in [0.25, 0.3) is 0 Å². The van der Waals surface area contributed by atoms with E-state index < -0.39 is 26.9 Å². The Kier molecular flexibility index (Phi) is 7.43. The largest absolute Gasteiger partial charge is 0.467 e. The highest BCUT2D eigenvalue weighted by atomic mass is 28.4. The van der Waals surface area contributed by atoms with Gasteiger partial charge in [0, 0.05) is 12.0 Å². The van der Waals surface area contributed by atoms with E-state index in [1.165, 1.54) is 7.11 Å². The number of carbonyl (C=O) groups is 2. The molecule has 0 spiro atoms. The van der Waals surface area contributed by atoms with Gasteiger partial charge in [0.05, 0.1) is 13.7 Å². The number of carbonyl (C=O) groups excluding carboxylic acids is 2. The third-order valence-corrected chi connectivity index (χ3v) is 9.83. The molecule has 1 saturated carbocycles. The Morgan fingerprint density at radius 2 is 1.75 bits per heavy atom. The van der Waals surface area contributed by atoms with E-state index in [4.69, 9.17) is 4.43 Å². The number of methoxy groups -OCH3 is 1. The second kappa shape index (κ2) is 8.45. The lowest BCUT2D eigenvalue weighted by Crippen LogP contribution is -2.48. The summed E-state index contributed by atoms with van der Waals surface area (Å²) in [6.07, 6.45) is 3.40. The Hall–Kier alpha value is -0.923. The number of amides is 1. The van der Waals surface area contributed by atoms with Crippen LogP contribution in [0, 0.1) is 5.92 Å². The van der Waals surface area contributed by atoms with Gasteiger partial charge in [-0.1, -0.05) is 20.8 Å². The number of hydrogen-bond donors (Lipinski definition) is 2. The Morgan fingerprint density at radius 3 is 2.17 bits per heavy atom. The lowest BCUT2D eigenvalue weighted by atomic mass is 9.87. The third-order valence-electron chi connectivity index (χ3n) is 5.30. The minimum atomic E-state index is -1.79. The fourth-order valence-electron chi connectivity index (χ4n) is 2.65. The van der Waals surface area contributed by atoms with Crippen molar-refractivity contribution in [3.05, 3.63) is 0 Å². The smallest absolute Gasteiger partial charge is 0.330 e. The van der Waals surface area contributed by atoms with Crippen molar-refractivity contribution < 1.29 is 23.9 Å². The molecular formula is C17H33NO5Si. The molecule has 6 nitrogen and oxygen atoms in total. The van der Waals surface area contributed by atoms with Crippen LogP contribution in [0.25, 0.3) is 0 Å². The van der Waals surface area contributed by atoms with Crippen LogP contribution in [0.5, 0.6) is 0 Å². The summed E-state index contributed by atoms with van der Waals surface area (Å²) in [6, 6.07) is -0.983. The van der Waals surface area contributed by atoms with Gasteiger partial charge in [-0.2, -0.15) is 0 Å². The molecule has 0 unspecified atom stereocenters. The molecule has 2 N–H and O–H groups in total. The van der Waals surface area contributed by atoms with Gasteiger partial charge >= 0.3 is 5.97 Å². The zero-order valence-electron chi connectivity index (χ0n) is 15.8. The van der Waals surface area contributed by atoms with Crippen LogP contribution in [0.2, 0.25) is 18.1 Å². The molecule has 0 aromatic heterocycles. The number of ether oxygens (including phenoxy) is 1. The van der Waals surface area contributed by atoms with E-state index >= 15 is 0 Å². The SMILES string of the molecule is COC(=O)[C@H](CO)NC(=O)C1CCC(O[Si](C)(C)C(C)(C)C)CC1. The molecule has 0 bridgehead atoms. The number of esters is 1. The summed E-state index contributed by atoms with van der Waals surface area (Å²) in [5.41, 5.74) is 0. The Bertz CT molecular complexity index is 439. The van der Waals surface area contributed by atoms with Crippen molar-refractivity contribution in [2.45, 2.75) is 76.7 Å². The summed E-state index contributed by atoms with van der Waals surface area (Å²) in [7, 11) is -0.551.